The quantitative estimate of drug-likeness (QED) is 0.783. The number of alkyl halides is 3. The Hall–Kier alpha value is -1.13. The van der Waals surface area contributed by atoms with Gasteiger partial charge in [-0.1, -0.05) is 0 Å². The van der Waals surface area contributed by atoms with E-state index in [1.54, 1.807) is 4.72 Å². The van der Waals surface area contributed by atoms with Crippen molar-refractivity contribution < 1.29 is 26.7 Å². The number of nitrogens with one attached hydrogen (secondary N) is 1. The zero-order valence-corrected chi connectivity index (χ0v) is 9.46. The number of imidazole rings is 1. The Morgan fingerprint density at radius 1 is 1.59 bits per heavy atom. The topological polar surface area (TPSA) is 84.2 Å². The highest BCUT2D eigenvalue weighted by atomic mass is 32.2. The fourth-order valence-electron chi connectivity index (χ4n) is 0.906. The predicted molar refractivity (Wildman–Crippen MR) is 50.5 cm³/mol. The summed E-state index contributed by atoms with van der Waals surface area (Å²) >= 11 is 0. The Balaban J connectivity index is 2.69. The van der Waals surface area contributed by atoms with E-state index < -0.39 is 33.9 Å². The summed E-state index contributed by atoms with van der Waals surface area (Å²) in [5, 5.41) is 8.22. The molecule has 0 aliphatic rings. The smallest absolute Gasteiger partial charge is 0.382 e. The highest BCUT2D eigenvalue weighted by Gasteiger charge is 2.38. The van der Waals surface area contributed by atoms with Crippen LogP contribution in [-0.2, 0) is 17.1 Å². The van der Waals surface area contributed by atoms with E-state index >= 15 is 0 Å². The third kappa shape index (κ3) is 3.68. The second-order valence-electron chi connectivity index (χ2n) is 3.29. The third-order valence-electron chi connectivity index (χ3n) is 1.80. The van der Waals surface area contributed by atoms with Crippen molar-refractivity contribution >= 4 is 10.0 Å². The summed E-state index contributed by atoms with van der Waals surface area (Å²) in [5.41, 5.74) is 0. The van der Waals surface area contributed by atoms with Gasteiger partial charge >= 0.3 is 6.18 Å². The summed E-state index contributed by atoms with van der Waals surface area (Å²) in [6, 6.07) is 0. The molecule has 0 amide bonds. The van der Waals surface area contributed by atoms with Gasteiger partial charge in [0, 0.05) is 19.8 Å². The lowest BCUT2D eigenvalue weighted by Crippen LogP contribution is -2.40. The van der Waals surface area contributed by atoms with Crippen molar-refractivity contribution in [3.63, 3.8) is 0 Å². The number of sulfonamides is 1. The number of aromatic nitrogens is 2. The normalized spacial score (nSPS) is 14.9. The van der Waals surface area contributed by atoms with Crippen molar-refractivity contribution in [2.24, 2.45) is 7.05 Å². The molecule has 1 aromatic rings. The molecular formula is C7H10F3N3O3S. The van der Waals surface area contributed by atoms with Crippen LogP contribution in [0.1, 0.15) is 0 Å². The first-order valence-corrected chi connectivity index (χ1v) is 5.83. The van der Waals surface area contributed by atoms with Gasteiger partial charge in [-0.2, -0.15) is 13.2 Å². The fourth-order valence-corrected chi connectivity index (χ4v) is 1.92. The van der Waals surface area contributed by atoms with Crippen molar-refractivity contribution in [3.05, 3.63) is 12.5 Å². The monoisotopic (exact) mass is 273 g/mol. The first kappa shape index (κ1) is 13.9. The van der Waals surface area contributed by atoms with E-state index in [-0.39, 0.29) is 0 Å². The molecule has 0 aliphatic carbocycles. The molecule has 0 spiro atoms. The highest BCUT2D eigenvalue weighted by Crippen LogP contribution is 2.19. The van der Waals surface area contributed by atoms with Crippen molar-refractivity contribution in [2.45, 2.75) is 17.3 Å². The molecule has 1 rings (SSSR count). The average Bonchev–Trinajstić information content (AvgIpc) is 2.60. The Kier molecular flexibility index (Phi) is 3.79. The summed E-state index contributed by atoms with van der Waals surface area (Å²) in [6.07, 6.45) is -5.30. The molecule has 2 N–H and O–H groups in total. The minimum Gasteiger partial charge on any atom is -0.382 e. The second-order valence-corrected chi connectivity index (χ2v) is 5.00. The van der Waals surface area contributed by atoms with E-state index in [1.165, 1.54) is 17.9 Å². The van der Waals surface area contributed by atoms with Crippen molar-refractivity contribution in [2.75, 3.05) is 6.54 Å². The number of rotatable bonds is 4. The standard InChI is InChI=1S/C7H10F3N3O3S/c1-13-3-6(11-4-13)17(15,16)12-2-5(14)7(8,9)10/h3-5,12,14H,2H2,1H3. The van der Waals surface area contributed by atoms with Crippen LogP contribution in [0, 0.1) is 0 Å². The van der Waals surface area contributed by atoms with Crippen LogP contribution >= 0.6 is 0 Å². The SMILES string of the molecule is Cn1cnc(S(=O)(=O)NCC(O)C(F)(F)F)c1. The molecule has 0 saturated carbocycles. The number of nitrogens with zero attached hydrogens (tertiary/aromatic N) is 2. The summed E-state index contributed by atoms with van der Waals surface area (Å²) in [6.45, 7) is -1.15. The van der Waals surface area contributed by atoms with Gasteiger partial charge in [0.1, 0.15) is 0 Å². The van der Waals surface area contributed by atoms with Gasteiger partial charge in [-0.25, -0.2) is 18.1 Å². The van der Waals surface area contributed by atoms with Crippen LogP contribution in [0.5, 0.6) is 0 Å². The van der Waals surface area contributed by atoms with E-state index in [1.807, 2.05) is 0 Å². The highest BCUT2D eigenvalue weighted by molar-refractivity contribution is 7.89. The lowest BCUT2D eigenvalue weighted by molar-refractivity contribution is -0.200. The van der Waals surface area contributed by atoms with E-state index in [4.69, 9.17) is 5.11 Å². The minimum absolute atomic E-state index is 0.408. The molecule has 0 aliphatic heterocycles. The fraction of sp³-hybridized carbons (Fsp3) is 0.571. The maximum Gasteiger partial charge on any atom is 0.415 e. The zero-order chi connectivity index (χ0) is 13.3. The van der Waals surface area contributed by atoms with Crippen molar-refractivity contribution in [3.8, 4) is 0 Å². The van der Waals surface area contributed by atoms with Crippen LogP contribution in [0.4, 0.5) is 13.2 Å². The maximum atomic E-state index is 11.9. The Morgan fingerprint density at radius 2 is 2.18 bits per heavy atom. The number of aliphatic hydroxyl groups excluding tert-OH is 1. The van der Waals surface area contributed by atoms with E-state index in [9.17, 15) is 21.6 Å². The predicted octanol–water partition coefficient (Wildman–Crippen LogP) is -0.378. The number of hydrogen-bond acceptors (Lipinski definition) is 4. The van der Waals surface area contributed by atoms with Crippen LogP contribution < -0.4 is 4.72 Å². The van der Waals surface area contributed by atoms with Gasteiger partial charge in [0.25, 0.3) is 10.0 Å². The molecule has 1 atom stereocenters. The number of aryl methyl sites for hydroxylation is 1. The average molecular weight is 273 g/mol. The van der Waals surface area contributed by atoms with Gasteiger partial charge in [-0.3, -0.25) is 0 Å². The van der Waals surface area contributed by atoms with Gasteiger partial charge in [-0.15, -0.1) is 0 Å². The van der Waals surface area contributed by atoms with Crippen LogP contribution in [-0.4, -0.2) is 41.9 Å². The third-order valence-corrected chi connectivity index (χ3v) is 3.11. The summed E-state index contributed by atoms with van der Waals surface area (Å²) < 4.78 is 61.6. The number of hydrogen-bond donors (Lipinski definition) is 2. The summed E-state index contributed by atoms with van der Waals surface area (Å²) in [7, 11) is -2.63. The number of halogens is 3. The Bertz CT molecular complexity index is 482. The van der Waals surface area contributed by atoms with E-state index in [0.29, 0.717) is 0 Å². The van der Waals surface area contributed by atoms with Gasteiger partial charge < -0.3 is 9.67 Å². The molecule has 1 aromatic heterocycles. The second kappa shape index (κ2) is 4.63. The van der Waals surface area contributed by atoms with Gasteiger partial charge in [0.2, 0.25) is 0 Å². The first-order valence-electron chi connectivity index (χ1n) is 4.35. The summed E-state index contributed by atoms with van der Waals surface area (Å²) in [4.78, 5) is 3.48. The summed E-state index contributed by atoms with van der Waals surface area (Å²) in [5.74, 6) is 0. The van der Waals surface area contributed by atoms with Gasteiger partial charge in [-0.05, 0) is 0 Å². The molecule has 1 heterocycles. The van der Waals surface area contributed by atoms with Crippen molar-refractivity contribution in [1.82, 2.24) is 14.3 Å². The van der Waals surface area contributed by atoms with Gasteiger partial charge in [0.15, 0.2) is 11.1 Å². The number of aliphatic hydroxyl groups is 1. The van der Waals surface area contributed by atoms with Crippen LogP contribution in [0.25, 0.3) is 0 Å². The molecule has 0 bridgehead atoms. The molecule has 0 fully saturated rings. The lowest BCUT2D eigenvalue weighted by atomic mass is 10.4. The van der Waals surface area contributed by atoms with E-state index in [2.05, 4.69) is 4.98 Å². The van der Waals surface area contributed by atoms with Gasteiger partial charge in [0.05, 0.1) is 6.33 Å². The molecule has 17 heavy (non-hydrogen) atoms. The lowest BCUT2D eigenvalue weighted by Gasteiger charge is -2.14. The molecule has 1 unspecified atom stereocenters. The zero-order valence-electron chi connectivity index (χ0n) is 8.64. The van der Waals surface area contributed by atoms with Crippen LogP contribution in [0.2, 0.25) is 0 Å². The molecule has 0 aromatic carbocycles. The molecule has 0 radical (unpaired) electrons. The molecule has 6 nitrogen and oxygen atoms in total. The maximum absolute atomic E-state index is 11.9. The Morgan fingerprint density at radius 3 is 2.59 bits per heavy atom. The molecule has 0 saturated heterocycles. The van der Waals surface area contributed by atoms with Crippen LogP contribution in [0.15, 0.2) is 17.6 Å². The first-order chi connectivity index (χ1) is 7.63. The van der Waals surface area contributed by atoms with E-state index in [0.717, 1.165) is 6.20 Å². The molecule has 98 valence electrons. The minimum atomic E-state index is -4.87. The largest absolute Gasteiger partial charge is 0.415 e. The molecule has 10 heteroatoms. The Labute approximate surface area is 95.1 Å². The van der Waals surface area contributed by atoms with Crippen LogP contribution in [0.3, 0.4) is 0 Å². The molecular weight excluding hydrogens is 263 g/mol. The van der Waals surface area contributed by atoms with Crippen molar-refractivity contribution in [1.29, 1.82) is 0 Å².